The summed E-state index contributed by atoms with van der Waals surface area (Å²) in [5.41, 5.74) is 0.573. The predicted octanol–water partition coefficient (Wildman–Crippen LogP) is 3.50. The van der Waals surface area contributed by atoms with Crippen LogP contribution in [0, 0.1) is 28.6 Å². The number of benzene rings is 1. The van der Waals surface area contributed by atoms with Gasteiger partial charge >= 0.3 is 6.18 Å². The fourth-order valence-electron chi connectivity index (χ4n) is 2.13. The molecule has 1 aromatic carbocycles. The van der Waals surface area contributed by atoms with Crippen LogP contribution in [-0.2, 0) is 12.7 Å². The summed E-state index contributed by atoms with van der Waals surface area (Å²) in [6, 6.07) is 10.1. The van der Waals surface area contributed by atoms with Crippen molar-refractivity contribution in [1.82, 2.24) is 9.55 Å². The molecule has 0 aliphatic rings. The monoisotopic (exact) mass is 292 g/mol. The number of imidazole rings is 1. The molecule has 108 valence electrons. The third kappa shape index (κ3) is 3.14. The van der Waals surface area contributed by atoms with Crippen molar-refractivity contribution in [3.63, 3.8) is 0 Å². The zero-order chi connectivity index (χ0) is 15.5. The van der Waals surface area contributed by atoms with Crippen LogP contribution < -0.4 is 0 Å². The lowest BCUT2D eigenvalue weighted by Crippen LogP contribution is -2.18. The number of rotatable bonds is 4. The molecule has 1 aromatic heterocycles. The highest BCUT2D eigenvalue weighted by atomic mass is 19.4. The fraction of sp³-hybridized carbons (Fsp3) is 0.357. The Morgan fingerprint density at radius 1 is 1.24 bits per heavy atom. The summed E-state index contributed by atoms with van der Waals surface area (Å²) >= 11 is 0. The summed E-state index contributed by atoms with van der Waals surface area (Å²) in [6.45, 7) is -0.131. The van der Waals surface area contributed by atoms with Gasteiger partial charge in [0.25, 0.3) is 0 Å². The molecule has 0 amide bonds. The molecule has 0 aliphatic carbocycles. The van der Waals surface area contributed by atoms with E-state index < -0.39 is 17.9 Å². The lowest BCUT2D eigenvalue weighted by atomic mass is 10.1. The van der Waals surface area contributed by atoms with Gasteiger partial charge in [-0.2, -0.15) is 23.7 Å². The van der Waals surface area contributed by atoms with Gasteiger partial charge in [0.1, 0.15) is 0 Å². The molecule has 0 radical (unpaired) electrons. The Labute approximate surface area is 119 Å². The molecule has 0 aliphatic heterocycles. The molecule has 0 spiro atoms. The molecule has 0 bridgehead atoms. The molecule has 0 unspecified atom stereocenters. The maximum Gasteiger partial charge on any atom is 0.449 e. The second-order valence-electron chi connectivity index (χ2n) is 4.56. The maximum absolute atomic E-state index is 13.1. The lowest BCUT2D eigenvalue weighted by molar-refractivity contribution is -0.147. The van der Waals surface area contributed by atoms with E-state index in [9.17, 15) is 13.2 Å². The van der Waals surface area contributed by atoms with Crippen molar-refractivity contribution in [1.29, 1.82) is 10.5 Å². The van der Waals surface area contributed by atoms with Crippen LogP contribution >= 0.6 is 0 Å². The maximum atomic E-state index is 13.1. The third-order valence-electron chi connectivity index (χ3n) is 3.10. The zero-order valence-electron chi connectivity index (χ0n) is 10.9. The molecule has 0 saturated heterocycles. The number of nitriles is 2. The second kappa shape index (κ2) is 5.84. The minimum atomic E-state index is -4.59. The molecule has 1 atom stereocenters. The topological polar surface area (TPSA) is 65.4 Å². The largest absolute Gasteiger partial charge is 0.449 e. The van der Waals surface area contributed by atoms with Gasteiger partial charge in [0.15, 0.2) is 0 Å². The van der Waals surface area contributed by atoms with E-state index in [2.05, 4.69) is 4.98 Å². The van der Waals surface area contributed by atoms with Crippen molar-refractivity contribution in [2.45, 2.75) is 25.6 Å². The average molecular weight is 292 g/mol. The van der Waals surface area contributed by atoms with Gasteiger partial charge in [0.05, 0.1) is 29.1 Å². The molecule has 4 nitrogen and oxygen atoms in total. The normalized spacial score (nSPS) is 12.8. The summed E-state index contributed by atoms with van der Waals surface area (Å²) in [6.07, 6.45) is -4.22. The number of halogens is 3. The number of nitrogens with zero attached hydrogens (tertiary/aromatic N) is 4. The molecular formula is C14H11F3N4. The highest BCUT2D eigenvalue weighted by Gasteiger charge is 2.37. The van der Waals surface area contributed by atoms with Crippen LogP contribution in [0.3, 0.4) is 0 Å². The van der Waals surface area contributed by atoms with E-state index >= 15 is 0 Å². The van der Waals surface area contributed by atoms with E-state index in [-0.39, 0.29) is 24.9 Å². The lowest BCUT2D eigenvalue weighted by Gasteiger charge is -2.14. The van der Waals surface area contributed by atoms with Crippen LogP contribution in [-0.4, -0.2) is 9.55 Å². The van der Waals surface area contributed by atoms with Gasteiger partial charge in [0.2, 0.25) is 5.82 Å². The van der Waals surface area contributed by atoms with E-state index in [0.717, 1.165) is 4.57 Å². The van der Waals surface area contributed by atoms with E-state index in [0.29, 0.717) is 5.52 Å². The minimum Gasteiger partial charge on any atom is -0.319 e. The van der Waals surface area contributed by atoms with E-state index in [1.54, 1.807) is 12.1 Å². The smallest absolute Gasteiger partial charge is 0.319 e. The van der Waals surface area contributed by atoms with Crippen molar-refractivity contribution >= 4 is 11.0 Å². The molecule has 0 saturated carbocycles. The van der Waals surface area contributed by atoms with Crippen LogP contribution in [0.1, 0.15) is 18.7 Å². The summed E-state index contributed by atoms with van der Waals surface area (Å²) in [5, 5.41) is 17.6. The van der Waals surface area contributed by atoms with Gasteiger partial charge < -0.3 is 4.57 Å². The van der Waals surface area contributed by atoms with E-state index in [4.69, 9.17) is 10.5 Å². The standard InChI is InChI=1S/C14H11F3N4/c15-14(16,17)13-20-11-5-1-2-6-12(11)21(13)9-10(8-19)4-3-7-18/h1-2,5-6,10H,3-4,9H2/t10-/m1/s1. The Bertz CT molecular complexity index is 718. The van der Waals surface area contributed by atoms with Gasteiger partial charge in [-0.05, 0) is 18.6 Å². The Morgan fingerprint density at radius 3 is 2.57 bits per heavy atom. The highest BCUT2D eigenvalue weighted by Crippen LogP contribution is 2.32. The van der Waals surface area contributed by atoms with Crippen LogP contribution in [0.25, 0.3) is 11.0 Å². The summed E-state index contributed by atoms with van der Waals surface area (Å²) < 4.78 is 40.2. The van der Waals surface area contributed by atoms with Crippen molar-refractivity contribution < 1.29 is 13.2 Å². The molecule has 1 heterocycles. The average Bonchev–Trinajstić information content (AvgIpc) is 2.82. The highest BCUT2D eigenvalue weighted by molar-refractivity contribution is 5.76. The Balaban J connectivity index is 2.46. The molecule has 0 N–H and O–H groups in total. The van der Waals surface area contributed by atoms with Crippen molar-refractivity contribution in [3.05, 3.63) is 30.1 Å². The number of para-hydroxylation sites is 2. The van der Waals surface area contributed by atoms with E-state index in [1.165, 1.54) is 12.1 Å². The van der Waals surface area contributed by atoms with Crippen LogP contribution in [0.5, 0.6) is 0 Å². The van der Waals surface area contributed by atoms with Crippen molar-refractivity contribution in [2.75, 3.05) is 0 Å². The molecular weight excluding hydrogens is 281 g/mol. The zero-order valence-corrected chi connectivity index (χ0v) is 10.9. The number of fused-ring (bicyclic) bond motifs is 1. The summed E-state index contributed by atoms with van der Waals surface area (Å²) in [5.74, 6) is -1.68. The molecule has 2 aromatic rings. The Hall–Kier alpha value is -2.54. The van der Waals surface area contributed by atoms with Gasteiger partial charge in [-0.25, -0.2) is 4.98 Å². The predicted molar refractivity (Wildman–Crippen MR) is 68.7 cm³/mol. The quantitative estimate of drug-likeness (QED) is 0.866. The minimum absolute atomic E-state index is 0.131. The molecule has 7 heteroatoms. The number of alkyl halides is 3. The van der Waals surface area contributed by atoms with Crippen LogP contribution in [0.2, 0.25) is 0 Å². The summed E-state index contributed by atoms with van der Waals surface area (Å²) in [7, 11) is 0. The van der Waals surface area contributed by atoms with Crippen LogP contribution in [0.15, 0.2) is 24.3 Å². The first-order chi connectivity index (χ1) is 9.97. The number of hydrogen-bond acceptors (Lipinski definition) is 3. The first kappa shape index (κ1) is 14.9. The van der Waals surface area contributed by atoms with E-state index in [1.807, 2.05) is 12.1 Å². The first-order valence-electron chi connectivity index (χ1n) is 6.26. The SMILES string of the molecule is N#CCC[C@H](C#N)Cn1c(C(F)(F)F)nc2ccccc21. The van der Waals surface area contributed by atoms with Crippen molar-refractivity contribution in [3.8, 4) is 12.1 Å². The second-order valence-corrected chi connectivity index (χ2v) is 4.56. The van der Waals surface area contributed by atoms with Gasteiger partial charge in [-0.3, -0.25) is 0 Å². The van der Waals surface area contributed by atoms with Crippen LogP contribution in [0.4, 0.5) is 13.2 Å². The number of hydrogen-bond donors (Lipinski definition) is 0. The fourth-order valence-corrected chi connectivity index (χ4v) is 2.13. The Morgan fingerprint density at radius 2 is 1.95 bits per heavy atom. The Kier molecular flexibility index (Phi) is 4.13. The molecule has 2 rings (SSSR count). The summed E-state index contributed by atoms with van der Waals surface area (Å²) in [4.78, 5) is 3.62. The third-order valence-corrected chi connectivity index (χ3v) is 3.10. The van der Waals surface area contributed by atoms with Gasteiger partial charge in [-0.1, -0.05) is 12.1 Å². The number of aromatic nitrogens is 2. The van der Waals surface area contributed by atoms with Crippen molar-refractivity contribution in [2.24, 2.45) is 5.92 Å². The molecule has 21 heavy (non-hydrogen) atoms. The molecule has 0 fully saturated rings. The van der Waals surface area contributed by atoms with Gasteiger partial charge in [-0.15, -0.1) is 0 Å². The first-order valence-corrected chi connectivity index (χ1v) is 6.26. The van der Waals surface area contributed by atoms with Gasteiger partial charge in [0, 0.05) is 13.0 Å².